The molecule has 0 saturated carbocycles. The summed E-state index contributed by atoms with van der Waals surface area (Å²) in [7, 11) is 2.19. The molecule has 1 aromatic rings. The molecule has 2 rings (SSSR count). The Labute approximate surface area is 128 Å². The second kappa shape index (κ2) is 7.66. The van der Waals surface area contributed by atoms with Gasteiger partial charge in [-0.3, -0.25) is 0 Å². The second-order valence-electron chi connectivity index (χ2n) is 6.01. The molecule has 1 fully saturated rings. The van der Waals surface area contributed by atoms with Crippen molar-refractivity contribution in [3.63, 3.8) is 0 Å². The molecular formula is C17H28N2O2. The van der Waals surface area contributed by atoms with Gasteiger partial charge in [0.1, 0.15) is 5.75 Å². The fourth-order valence-corrected chi connectivity index (χ4v) is 3.08. The lowest BCUT2D eigenvalue weighted by atomic mass is 9.91. The molecule has 2 atom stereocenters. The van der Waals surface area contributed by atoms with Gasteiger partial charge in [0, 0.05) is 23.8 Å². The number of hydrogen-bond donors (Lipinski definition) is 2. The molecule has 0 bridgehead atoms. The molecule has 4 heteroatoms. The van der Waals surface area contributed by atoms with Gasteiger partial charge in [-0.1, -0.05) is 0 Å². The minimum atomic E-state index is 0.00536. The lowest BCUT2D eigenvalue weighted by Gasteiger charge is -2.34. The van der Waals surface area contributed by atoms with E-state index in [9.17, 15) is 5.11 Å². The summed E-state index contributed by atoms with van der Waals surface area (Å²) in [6.07, 6.45) is 2.56. The van der Waals surface area contributed by atoms with Gasteiger partial charge < -0.3 is 20.1 Å². The third-order valence-corrected chi connectivity index (χ3v) is 4.29. The molecule has 1 heterocycles. The van der Waals surface area contributed by atoms with E-state index in [0.717, 1.165) is 23.5 Å². The number of likely N-dealkylation sites (tertiary alicyclic amines) is 1. The minimum Gasteiger partial charge on any atom is -0.494 e. The van der Waals surface area contributed by atoms with E-state index >= 15 is 0 Å². The van der Waals surface area contributed by atoms with E-state index in [2.05, 4.69) is 24.2 Å². The lowest BCUT2D eigenvalue weighted by molar-refractivity contribution is 0.197. The van der Waals surface area contributed by atoms with Crippen molar-refractivity contribution in [1.82, 2.24) is 4.90 Å². The maximum absolute atomic E-state index is 9.47. The summed E-state index contributed by atoms with van der Waals surface area (Å²) in [4.78, 5) is 2.41. The van der Waals surface area contributed by atoms with Gasteiger partial charge in [0.15, 0.2) is 0 Å². The van der Waals surface area contributed by atoms with E-state index in [1.807, 2.05) is 25.1 Å². The quantitative estimate of drug-likeness (QED) is 0.846. The highest BCUT2D eigenvalue weighted by molar-refractivity contribution is 5.51. The summed E-state index contributed by atoms with van der Waals surface area (Å²) in [5.41, 5.74) is 1.90. The zero-order chi connectivity index (χ0) is 15.2. The van der Waals surface area contributed by atoms with Crippen LogP contribution >= 0.6 is 0 Å². The zero-order valence-corrected chi connectivity index (χ0v) is 13.4. The van der Waals surface area contributed by atoms with Crippen molar-refractivity contribution in [1.29, 1.82) is 0 Å². The standard InChI is InChI=1S/C17H28N2O2/c1-4-21-17-8-7-16(10-15(17)12-20)18-13(2)14-6-5-9-19(3)11-14/h7-8,10,13-14,18,20H,4-6,9,11-12H2,1-3H3. The summed E-state index contributed by atoms with van der Waals surface area (Å²) in [6.45, 7) is 7.18. The van der Waals surface area contributed by atoms with E-state index in [1.54, 1.807) is 0 Å². The second-order valence-corrected chi connectivity index (χ2v) is 6.01. The summed E-state index contributed by atoms with van der Waals surface area (Å²) in [5, 5.41) is 13.1. The average Bonchev–Trinajstić information content (AvgIpc) is 2.49. The molecule has 21 heavy (non-hydrogen) atoms. The van der Waals surface area contributed by atoms with Gasteiger partial charge in [-0.15, -0.1) is 0 Å². The normalized spacial score (nSPS) is 21.0. The van der Waals surface area contributed by atoms with Crippen LogP contribution < -0.4 is 10.1 Å². The Bertz CT molecular complexity index is 450. The van der Waals surface area contributed by atoms with Gasteiger partial charge in [0.2, 0.25) is 0 Å². The van der Waals surface area contributed by atoms with Gasteiger partial charge in [0.25, 0.3) is 0 Å². The first-order valence-electron chi connectivity index (χ1n) is 7.95. The van der Waals surface area contributed by atoms with Crippen LogP contribution in [0.4, 0.5) is 5.69 Å². The molecular weight excluding hydrogens is 264 g/mol. The van der Waals surface area contributed by atoms with Crippen LogP contribution in [0.2, 0.25) is 0 Å². The number of nitrogens with one attached hydrogen (secondary N) is 1. The molecule has 1 saturated heterocycles. The Kier molecular flexibility index (Phi) is 5.88. The third-order valence-electron chi connectivity index (χ3n) is 4.29. The van der Waals surface area contributed by atoms with Gasteiger partial charge >= 0.3 is 0 Å². The fraction of sp³-hybridized carbons (Fsp3) is 0.647. The average molecular weight is 292 g/mol. The SMILES string of the molecule is CCOc1ccc(NC(C)C2CCCN(C)C2)cc1CO. The molecule has 1 aromatic carbocycles. The lowest BCUT2D eigenvalue weighted by Crippen LogP contribution is -2.39. The number of anilines is 1. The van der Waals surface area contributed by atoms with Crippen molar-refractivity contribution < 1.29 is 9.84 Å². The Morgan fingerprint density at radius 1 is 1.48 bits per heavy atom. The molecule has 0 spiro atoms. The number of rotatable bonds is 6. The first kappa shape index (κ1) is 16.1. The first-order chi connectivity index (χ1) is 10.1. The highest BCUT2D eigenvalue weighted by Crippen LogP contribution is 2.26. The van der Waals surface area contributed by atoms with Crippen molar-refractivity contribution in [2.75, 3.05) is 32.1 Å². The molecule has 2 unspecified atom stereocenters. The molecule has 0 amide bonds. The molecule has 0 radical (unpaired) electrons. The van der Waals surface area contributed by atoms with Crippen molar-refractivity contribution >= 4 is 5.69 Å². The Morgan fingerprint density at radius 3 is 2.95 bits per heavy atom. The van der Waals surface area contributed by atoms with Crippen molar-refractivity contribution in [3.05, 3.63) is 23.8 Å². The number of aliphatic hydroxyl groups excluding tert-OH is 1. The van der Waals surface area contributed by atoms with E-state index < -0.39 is 0 Å². The van der Waals surface area contributed by atoms with Crippen LogP contribution in [0.25, 0.3) is 0 Å². The van der Waals surface area contributed by atoms with Crippen LogP contribution in [-0.2, 0) is 6.61 Å². The summed E-state index contributed by atoms with van der Waals surface area (Å²) < 4.78 is 5.52. The zero-order valence-electron chi connectivity index (χ0n) is 13.4. The highest BCUT2D eigenvalue weighted by Gasteiger charge is 2.22. The molecule has 4 nitrogen and oxygen atoms in total. The van der Waals surface area contributed by atoms with Crippen LogP contribution in [0.15, 0.2) is 18.2 Å². The largest absolute Gasteiger partial charge is 0.494 e. The van der Waals surface area contributed by atoms with Gasteiger partial charge in [-0.05, 0) is 64.4 Å². The van der Waals surface area contributed by atoms with Crippen LogP contribution in [0.5, 0.6) is 5.75 Å². The molecule has 0 aliphatic carbocycles. The van der Waals surface area contributed by atoms with Gasteiger partial charge in [-0.2, -0.15) is 0 Å². The number of ether oxygens (including phenoxy) is 1. The van der Waals surface area contributed by atoms with Crippen LogP contribution in [0.1, 0.15) is 32.3 Å². The van der Waals surface area contributed by atoms with Gasteiger partial charge in [-0.25, -0.2) is 0 Å². The van der Waals surface area contributed by atoms with Crippen molar-refractivity contribution in [2.45, 2.75) is 39.3 Å². The summed E-state index contributed by atoms with van der Waals surface area (Å²) in [5.74, 6) is 1.45. The van der Waals surface area contributed by atoms with Crippen molar-refractivity contribution in [3.8, 4) is 5.75 Å². The summed E-state index contributed by atoms with van der Waals surface area (Å²) in [6, 6.07) is 6.40. The van der Waals surface area contributed by atoms with E-state index in [0.29, 0.717) is 18.6 Å². The number of hydrogen-bond acceptors (Lipinski definition) is 4. The molecule has 2 N–H and O–H groups in total. The van der Waals surface area contributed by atoms with E-state index in [4.69, 9.17) is 4.74 Å². The molecule has 1 aliphatic rings. The topological polar surface area (TPSA) is 44.7 Å². The fourth-order valence-electron chi connectivity index (χ4n) is 3.08. The van der Waals surface area contributed by atoms with E-state index in [-0.39, 0.29) is 6.61 Å². The highest BCUT2D eigenvalue weighted by atomic mass is 16.5. The summed E-state index contributed by atoms with van der Waals surface area (Å²) >= 11 is 0. The Morgan fingerprint density at radius 2 is 2.29 bits per heavy atom. The van der Waals surface area contributed by atoms with Crippen LogP contribution in [0, 0.1) is 5.92 Å². The predicted molar refractivity (Wildman–Crippen MR) is 86.8 cm³/mol. The molecule has 1 aliphatic heterocycles. The smallest absolute Gasteiger partial charge is 0.124 e. The number of nitrogens with zero attached hydrogens (tertiary/aromatic N) is 1. The predicted octanol–water partition coefficient (Wildman–Crippen LogP) is 2.72. The van der Waals surface area contributed by atoms with Gasteiger partial charge in [0.05, 0.1) is 13.2 Å². The molecule has 0 aromatic heterocycles. The number of aliphatic hydroxyl groups is 1. The maximum atomic E-state index is 9.47. The van der Waals surface area contributed by atoms with Crippen LogP contribution in [-0.4, -0.2) is 42.8 Å². The van der Waals surface area contributed by atoms with Crippen LogP contribution in [0.3, 0.4) is 0 Å². The third kappa shape index (κ3) is 4.35. The monoisotopic (exact) mass is 292 g/mol. The Balaban J connectivity index is 2.01. The number of piperidine rings is 1. The Hall–Kier alpha value is -1.26. The molecule has 118 valence electrons. The van der Waals surface area contributed by atoms with E-state index in [1.165, 1.54) is 19.4 Å². The first-order valence-corrected chi connectivity index (χ1v) is 7.95. The maximum Gasteiger partial charge on any atom is 0.124 e. The number of benzene rings is 1. The van der Waals surface area contributed by atoms with Crippen molar-refractivity contribution in [2.24, 2.45) is 5.92 Å². The minimum absolute atomic E-state index is 0.00536.